The Bertz CT molecular complexity index is 843. The fraction of sp³-hybridized carbons (Fsp3) is 0.571. The summed E-state index contributed by atoms with van der Waals surface area (Å²) in [5, 5.41) is 17.8. The van der Waals surface area contributed by atoms with Crippen molar-refractivity contribution < 1.29 is 27.8 Å². The van der Waals surface area contributed by atoms with Crippen molar-refractivity contribution in [1.29, 1.82) is 0 Å². The highest BCUT2D eigenvalue weighted by Crippen LogP contribution is 2.33. The van der Waals surface area contributed by atoms with Gasteiger partial charge < -0.3 is 14.7 Å². The summed E-state index contributed by atoms with van der Waals surface area (Å²) >= 11 is 1.69. The lowest BCUT2D eigenvalue weighted by molar-refractivity contribution is -0.192. The minimum Gasteiger partial charge on any atom is -0.475 e. The van der Waals surface area contributed by atoms with Crippen molar-refractivity contribution in [2.24, 2.45) is 11.8 Å². The largest absolute Gasteiger partial charge is 0.490 e. The lowest BCUT2D eigenvalue weighted by atomic mass is 9.88. The summed E-state index contributed by atoms with van der Waals surface area (Å²) in [6.45, 7) is 5.01. The van der Waals surface area contributed by atoms with Gasteiger partial charge in [-0.1, -0.05) is 41.7 Å². The number of anilines is 1. The first-order chi connectivity index (χ1) is 14.7. The van der Waals surface area contributed by atoms with E-state index in [9.17, 15) is 13.2 Å². The number of hydrogen-bond donors (Lipinski definition) is 1. The van der Waals surface area contributed by atoms with Crippen LogP contribution in [-0.2, 0) is 16.0 Å². The standard InChI is InChI=1S/C19H25N3OS.C2HF3O2/c1-14-20-21-19(24-14)22-10-9-18(23-13-16-7-8-16)17(12-22)11-15-5-3-2-4-6-15;3-2(4,5)1(6)7/h2-6,16-18H,7-13H2,1H3;(H,6,7)/t17-,18+;/m0./s1. The van der Waals surface area contributed by atoms with Crippen LogP contribution in [0.1, 0.15) is 29.8 Å². The first kappa shape index (κ1) is 23.5. The predicted octanol–water partition coefficient (Wildman–Crippen LogP) is 4.34. The summed E-state index contributed by atoms with van der Waals surface area (Å²) in [6, 6.07) is 10.8. The van der Waals surface area contributed by atoms with Crippen molar-refractivity contribution in [1.82, 2.24) is 10.2 Å². The average Bonchev–Trinajstić information content (AvgIpc) is 3.46. The number of rotatable bonds is 6. The van der Waals surface area contributed by atoms with Gasteiger partial charge in [-0.2, -0.15) is 13.2 Å². The Morgan fingerprint density at radius 2 is 1.90 bits per heavy atom. The van der Waals surface area contributed by atoms with E-state index >= 15 is 0 Å². The van der Waals surface area contributed by atoms with Gasteiger partial charge in [0.25, 0.3) is 0 Å². The zero-order valence-electron chi connectivity index (χ0n) is 17.2. The number of benzene rings is 1. The number of halogens is 3. The molecule has 0 radical (unpaired) electrons. The van der Waals surface area contributed by atoms with Crippen molar-refractivity contribution in [3.05, 3.63) is 40.9 Å². The molecule has 0 spiro atoms. The lowest BCUT2D eigenvalue weighted by Gasteiger charge is -2.38. The summed E-state index contributed by atoms with van der Waals surface area (Å²) in [7, 11) is 0. The fourth-order valence-corrected chi connectivity index (χ4v) is 4.20. The molecule has 2 atom stereocenters. The van der Waals surface area contributed by atoms with Crippen LogP contribution < -0.4 is 4.90 Å². The normalized spacial score (nSPS) is 21.4. The molecule has 2 aliphatic rings. The number of carboxylic acids is 1. The van der Waals surface area contributed by atoms with Crippen molar-refractivity contribution in [3.8, 4) is 0 Å². The molecule has 0 bridgehead atoms. The summed E-state index contributed by atoms with van der Waals surface area (Å²) in [6.07, 6.45) is 0.155. The van der Waals surface area contributed by atoms with Gasteiger partial charge in [0.15, 0.2) is 0 Å². The highest BCUT2D eigenvalue weighted by atomic mass is 32.1. The Morgan fingerprint density at radius 1 is 1.23 bits per heavy atom. The van der Waals surface area contributed by atoms with Crippen LogP contribution in [0.25, 0.3) is 0 Å². The molecule has 4 rings (SSSR count). The summed E-state index contributed by atoms with van der Waals surface area (Å²) in [5.41, 5.74) is 1.40. The first-order valence-electron chi connectivity index (χ1n) is 10.2. The van der Waals surface area contributed by atoms with Crippen molar-refractivity contribution in [3.63, 3.8) is 0 Å². The summed E-state index contributed by atoms with van der Waals surface area (Å²) < 4.78 is 38.1. The smallest absolute Gasteiger partial charge is 0.475 e. The molecule has 1 saturated heterocycles. The Kier molecular flexibility index (Phi) is 7.88. The second-order valence-electron chi connectivity index (χ2n) is 7.91. The average molecular weight is 458 g/mol. The van der Waals surface area contributed by atoms with Gasteiger partial charge in [-0.15, -0.1) is 10.2 Å². The number of aryl methyl sites for hydroxylation is 1. The summed E-state index contributed by atoms with van der Waals surface area (Å²) in [5.74, 6) is -1.41. The minimum atomic E-state index is -5.08. The number of aromatic nitrogens is 2. The quantitative estimate of drug-likeness (QED) is 0.695. The molecule has 1 aliphatic heterocycles. The van der Waals surface area contributed by atoms with Gasteiger partial charge in [0, 0.05) is 25.6 Å². The van der Waals surface area contributed by atoms with E-state index in [1.807, 2.05) is 6.92 Å². The molecule has 1 aromatic heterocycles. The van der Waals surface area contributed by atoms with E-state index in [-0.39, 0.29) is 0 Å². The molecule has 0 unspecified atom stereocenters. The number of piperidine rings is 1. The molecule has 2 aromatic rings. The molecule has 2 fully saturated rings. The van der Waals surface area contributed by atoms with E-state index in [0.717, 1.165) is 48.6 Å². The molecular formula is C21H26F3N3O3S. The number of aliphatic carboxylic acids is 1. The van der Waals surface area contributed by atoms with Crippen LogP contribution in [0.2, 0.25) is 0 Å². The molecule has 2 heterocycles. The fourth-order valence-electron chi connectivity index (χ4n) is 3.47. The number of nitrogens with zero attached hydrogens (tertiary/aromatic N) is 3. The second kappa shape index (κ2) is 10.4. The van der Waals surface area contributed by atoms with E-state index in [1.165, 1.54) is 18.4 Å². The molecule has 0 amide bonds. The van der Waals surface area contributed by atoms with Crippen LogP contribution in [0.5, 0.6) is 0 Å². The van der Waals surface area contributed by atoms with Gasteiger partial charge in [0.2, 0.25) is 5.13 Å². The molecule has 1 aromatic carbocycles. The van der Waals surface area contributed by atoms with Crippen LogP contribution >= 0.6 is 11.3 Å². The molecular weight excluding hydrogens is 431 g/mol. The molecule has 1 aliphatic carbocycles. The molecule has 6 nitrogen and oxygen atoms in total. The number of carboxylic acid groups (broad SMARTS) is 1. The van der Waals surface area contributed by atoms with Crippen molar-refractivity contribution >= 4 is 22.4 Å². The maximum atomic E-state index is 10.6. The molecule has 1 saturated carbocycles. The highest BCUT2D eigenvalue weighted by molar-refractivity contribution is 7.15. The van der Waals surface area contributed by atoms with E-state index in [4.69, 9.17) is 14.6 Å². The Hall–Kier alpha value is -2.20. The zero-order valence-corrected chi connectivity index (χ0v) is 18.0. The SMILES string of the molecule is Cc1nnc(N2CC[C@@H](OCC3CC3)[C@@H](Cc3ccccc3)C2)s1.O=C(O)C(F)(F)F. The van der Waals surface area contributed by atoms with Gasteiger partial charge in [0.1, 0.15) is 5.01 Å². The topological polar surface area (TPSA) is 75.5 Å². The zero-order chi connectivity index (χ0) is 22.4. The third-order valence-electron chi connectivity index (χ3n) is 5.28. The molecule has 170 valence electrons. The first-order valence-corrected chi connectivity index (χ1v) is 11.0. The molecule has 31 heavy (non-hydrogen) atoms. The van der Waals surface area contributed by atoms with Crippen LogP contribution in [0.15, 0.2) is 30.3 Å². The van der Waals surface area contributed by atoms with Crippen LogP contribution in [0, 0.1) is 18.8 Å². The van der Waals surface area contributed by atoms with Gasteiger partial charge in [0.05, 0.1) is 6.10 Å². The Morgan fingerprint density at radius 3 is 2.45 bits per heavy atom. The van der Waals surface area contributed by atoms with Crippen LogP contribution in [0.4, 0.5) is 18.3 Å². The Balaban J connectivity index is 0.000000339. The summed E-state index contributed by atoms with van der Waals surface area (Å²) in [4.78, 5) is 11.3. The molecule has 10 heteroatoms. The van der Waals surface area contributed by atoms with E-state index in [2.05, 4.69) is 45.4 Å². The van der Waals surface area contributed by atoms with E-state index in [1.54, 1.807) is 11.3 Å². The van der Waals surface area contributed by atoms with Crippen molar-refractivity contribution in [2.75, 3.05) is 24.6 Å². The molecule has 1 N–H and O–H groups in total. The third kappa shape index (κ3) is 7.46. The third-order valence-corrected chi connectivity index (χ3v) is 6.18. The lowest BCUT2D eigenvalue weighted by Crippen LogP contribution is -2.45. The van der Waals surface area contributed by atoms with Crippen LogP contribution in [-0.4, -0.2) is 53.2 Å². The number of ether oxygens (including phenoxy) is 1. The number of hydrogen-bond acceptors (Lipinski definition) is 6. The Labute approximate surface area is 183 Å². The maximum absolute atomic E-state index is 10.6. The van der Waals surface area contributed by atoms with Gasteiger partial charge >= 0.3 is 12.1 Å². The highest BCUT2D eigenvalue weighted by Gasteiger charge is 2.38. The van der Waals surface area contributed by atoms with Gasteiger partial charge in [-0.05, 0) is 44.1 Å². The minimum absolute atomic E-state index is 0.371. The second-order valence-corrected chi connectivity index (χ2v) is 9.07. The number of alkyl halides is 3. The van der Waals surface area contributed by atoms with Gasteiger partial charge in [-0.3, -0.25) is 0 Å². The van der Waals surface area contributed by atoms with Gasteiger partial charge in [-0.25, -0.2) is 4.79 Å². The maximum Gasteiger partial charge on any atom is 0.490 e. The number of carbonyl (C=O) groups is 1. The van der Waals surface area contributed by atoms with E-state index < -0.39 is 12.1 Å². The van der Waals surface area contributed by atoms with Crippen molar-refractivity contribution in [2.45, 2.75) is 44.9 Å². The monoisotopic (exact) mass is 457 g/mol. The van der Waals surface area contributed by atoms with E-state index in [0.29, 0.717) is 12.0 Å². The van der Waals surface area contributed by atoms with Crippen LogP contribution in [0.3, 0.4) is 0 Å². The predicted molar refractivity (Wildman–Crippen MR) is 111 cm³/mol.